The zero-order valence-electron chi connectivity index (χ0n) is 13.5. The second kappa shape index (κ2) is 7.07. The number of aryl methyl sites for hydroxylation is 1. The summed E-state index contributed by atoms with van der Waals surface area (Å²) in [7, 11) is 0. The molecule has 22 heavy (non-hydrogen) atoms. The highest BCUT2D eigenvalue weighted by Crippen LogP contribution is 2.20. The molecule has 1 N–H and O–H groups in total. The molecular weight excluding hydrogens is 276 g/mol. The topological polar surface area (TPSA) is 58.1 Å². The van der Waals surface area contributed by atoms with Gasteiger partial charge in [-0.25, -0.2) is 9.97 Å². The van der Waals surface area contributed by atoms with Gasteiger partial charge in [0, 0.05) is 25.2 Å². The highest BCUT2D eigenvalue weighted by Gasteiger charge is 2.20. The van der Waals surface area contributed by atoms with E-state index in [9.17, 15) is 4.79 Å². The van der Waals surface area contributed by atoms with E-state index in [2.05, 4.69) is 20.2 Å². The van der Waals surface area contributed by atoms with E-state index in [1.54, 1.807) is 0 Å². The molecule has 3 rings (SSSR count). The molecule has 1 saturated carbocycles. The maximum atomic E-state index is 12.5. The van der Waals surface area contributed by atoms with Crippen molar-refractivity contribution in [1.29, 1.82) is 0 Å². The molecule has 2 fully saturated rings. The number of hydrogen-bond donors (Lipinski definition) is 1. The molecule has 120 valence electrons. The molecule has 1 saturated heterocycles. The van der Waals surface area contributed by atoms with E-state index in [1.807, 2.05) is 13.0 Å². The first-order valence-corrected chi connectivity index (χ1v) is 8.64. The molecule has 0 radical (unpaired) electrons. The summed E-state index contributed by atoms with van der Waals surface area (Å²) >= 11 is 0. The normalized spacial score (nSPS) is 20.0. The van der Waals surface area contributed by atoms with Crippen LogP contribution in [-0.4, -0.2) is 35.0 Å². The van der Waals surface area contributed by atoms with Crippen LogP contribution in [0.1, 0.15) is 67.7 Å². The van der Waals surface area contributed by atoms with Crippen LogP contribution < -0.4 is 10.2 Å². The maximum Gasteiger partial charge on any atom is 0.270 e. The van der Waals surface area contributed by atoms with Crippen LogP contribution in [-0.2, 0) is 0 Å². The quantitative estimate of drug-likeness (QED) is 0.933. The Bertz CT molecular complexity index is 519. The molecule has 0 aromatic carbocycles. The number of hydrogen-bond acceptors (Lipinski definition) is 4. The Hall–Kier alpha value is -1.65. The first-order valence-electron chi connectivity index (χ1n) is 8.64. The summed E-state index contributed by atoms with van der Waals surface area (Å²) in [5.41, 5.74) is 0.513. The summed E-state index contributed by atoms with van der Waals surface area (Å²) < 4.78 is 0. The summed E-state index contributed by atoms with van der Waals surface area (Å²) in [5.74, 6) is 1.54. The molecule has 2 heterocycles. The largest absolute Gasteiger partial charge is 0.356 e. The first-order chi connectivity index (χ1) is 10.7. The molecule has 1 aliphatic carbocycles. The van der Waals surface area contributed by atoms with Gasteiger partial charge < -0.3 is 10.2 Å². The number of anilines is 1. The van der Waals surface area contributed by atoms with Gasteiger partial charge in [0.15, 0.2) is 0 Å². The van der Waals surface area contributed by atoms with E-state index >= 15 is 0 Å². The SMILES string of the molecule is Cc1nc(C(=O)NC2CCCCC2)cc(N2CCCCC2)n1. The smallest absolute Gasteiger partial charge is 0.270 e. The molecule has 0 atom stereocenters. The van der Waals surface area contributed by atoms with Gasteiger partial charge in [-0.3, -0.25) is 4.79 Å². The fraction of sp³-hybridized carbons (Fsp3) is 0.706. The lowest BCUT2D eigenvalue weighted by Crippen LogP contribution is -2.37. The van der Waals surface area contributed by atoms with E-state index in [1.165, 1.54) is 38.5 Å². The van der Waals surface area contributed by atoms with Crippen LogP contribution >= 0.6 is 0 Å². The van der Waals surface area contributed by atoms with Crippen LogP contribution in [0.5, 0.6) is 0 Å². The van der Waals surface area contributed by atoms with Gasteiger partial charge in [0.05, 0.1) is 0 Å². The zero-order valence-corrected chi connectivity index (χ0v) is 13.5. The third-order valence-corrected chi connectivity index (χ3v) is 4.68. The molecule has 1 aromatic heterocycles. The van der Waals surface area contributed by atoms with Crippen molar-refractivity contribution in [3.05, 3.63) is 17.6 Å². The highest BCUT2D eigenvalue weighted by molar-refractivity contribution is 5.93. The average Bonchev–Trinajstić information content (AvgIpc) is 2.56. The Balaban J connectivity index is 1.71. The average molecular weight is 302 g/mol. The van der Waals surface area contributed by atoms with Crippen molar-refractivity contribution >= 4 is 11.7 Å². The second-order valence-electron chi connectivity index (χ2n) is 6.51. The predicted molar refractivity (Wildman–Crippen MR) is 87.2 cm³/mol. The number of carbonyl (C=O) groups is 1. The lowest BCUT2D eigenvalue weighted by Gasteiger charge is -2.28. The lowest BCUT2D eigenvalue weighted by atomic mass is 9.95. The number of carbonyl (C=O) groups excluding carboxylic acids is 1. The molecule has 5 heteroatoms. The van der Waals surface area contributed by atoms with Gasteiger partial charge in [0.1, 0.15) is 17.3 Å². The number of rotatable bonds is 3. The van der Waals surface area contributed by atoms with Crippen molar-refractivity contribution in [2.24, 2.45) is 0 Å². The Morgan fingerprint density at radius 1 is 1.09 bits per heavy atom. The van der Waals surface area contributed by atoms with E-state index in [4.69, 9.17) is 0 Å². The van der Waals surface area contributed by atoms with Crippen molar-refractivity contribution in [2.75, 3.05) is 18.0 Å². The van der Waals surface area contributed by atoms with Gasteiger partial charge in [0.2, 0.25) is 0 Å². The molecule has 0 spiro atoms. The number of aromatic nitrogens is 2. The zero-order chi connectivity index (χ0) is 15.4. The number of amides is 1. The van der Waals surface area contributed by atoms with Crippen molar-refractivity contribution < 1.29 is 4.79 Å². The third-order valence-electron chi connectivity index (χ3n) is 4.68. The number of piperidine rings is 1. The monoisotopic (exact) mass is 302 g/mol. The van der Waals surface area contributed by atoms with Crippen molar-refractivity contribution in [3.8, 4) is 0 Å². The number of nitrogens with zero attached hydrogens (tertiary/aromatic N) is 3. The second-order valence-corrected chi connectivity index (χ2v) is 6.51. The maximum absolute atomic E-state index is 12.5. The van der Waals surface area contributed by atoms with Crippen LogP contribution in [0.15, 0.2) is 6.07 Å². The first kappa shape index (κ1) is 15.3. The molecule has 1 aromatic rings. The minimum atomic E-state index is -0.0457. The van der Waals surface area contributed by atoms with Crippen LogP contribution in [0.2, 0.25) is 0 Å². The Kier molecular flexibility index (Phi) is 4.90. The number of nitrogens with one attached hydrogen (secondary N) is 1. The van der Waals surface area contributed by atoms with Crippen LogP contribution in [0.25, 0.3) is 0 Å². The van der Waals surface area contributed by atoms with Crippen molar-refractivity contribution in [3.63, 3.8) is 0 Å². The molecule has 0 unspecified atom stereocenters. The van der Waals surface area contributed by atoms with E-state index < -0.39 is 0 Å². The van der Waals surface area contributed by atoms with Gasteiger partial charge in [-0.2, -0.15) is 0 Å². The Morgan fingerprint density at radius 3 is 2.50 bits per heavy atom. The minimum absolute atomic E-state index is 0.0457. The summed E-state index contributed by atoms with van der Waals surface area (Å²) in [6.45, 7) is 3.92. The third kappa shape index (κ3) is 3.76. The van der Waals surface area contributed by atoms with Gasteiger partial charge in [-0.1, -0.05) is 19.3 Å². The molecule has 1 aliphatic heterocycles. The fourth-order valence-electron chi connectivity index (χ4n) is 3.46. The molecule has 1 amide bonds. The Morgan fingerprint density at radius 2 is 1.77 bits per heavy atom. The van der Waals surface area contributed by atoms with E-state index in [0.717, 1.165) is 31.7 Å². The van der Waals surface area contributed by atoms with Gasteiger partial charge in [-0.05, 0) is 39.0 Å². The Labute approximate surface area is 132 Å². The summed E-state index contributed by atoms with van der Waals surface area (Å²) in [6.07, 6.45) is 9.59. The molecular formula is C17H26N4O. The summed E-state index contributed by atoms with van der Waals surface area (Å²) in [4.78, 5) is 23.6. The van der Waals surface area contributed by atoms with Crippen molar-refractivity contribution in [1.82, 2.24) is 15.3 Å². The lowest BCUT2D eigenvalue weighted by molar-refractivity contribution is 0.0922. The van der Waals surface area contributed by atoms with Crippen LogP contribution in [0, 0.1) is 6.92 Å². The molecule has 0 bridgehead atoms. The van der Waals surface area contributed by atoms with Gasteiger partial charge >= 0.3 is 0 Å². The standard InChI is InChI=1S/C17H26N4O/c1-13-18-15(17(22)20-14-8-4-2-5-9-14)12-16(19-13)21-10-6-3-7-11-21/h12,14H,2-11H2,1H3,(H,20,22). The van der Waals surface area contributed by atoms with Crippen LogP contribution in [0.4, 0.5) is 5.82 Å². The van der Waals surface area contributed by atoms with Gasteiger partial charge in [0.25, 0.3) is 5.91 Å². The summed E-state index contributed by atoms with van der Waals surface area (Å²) in [6, 6.07) is 2.17. The van der Waals surface area contributed by atoms with E-state index in [0.29, 0.717) is 17.6 Å². The van der Waals surface area contributed by atoms with E-state index in [-0.39, 0.29) is 5.91 Å². The fourth-order valence-corrected chi connectivity index (χ4v) is 3.46. The highest BCUT2D eigenvalue weighted by atomic mass is 16.1. The summed E-state index contributed by atoms with van der Waals surface area (Å²) in [5, 5.41) is 3.14. The van der Waals surface area contributed by atoms with Gasteiger partial charge in [-0.15, -0.1) is 0 Å². The van der Waals surface area contributed by atoms with Crippen LogP contribution in [0.3, 0.4) is 0 Å². The van der Waals surface area contributed by atoms with Crippen molar-refractivity contribution in [2.45, 2.75) is 64.3 Å². The predicted octanol–water partition coefficient (Wildman–Crippen LogP) is 2.84. The molecule has 5 nitrogen and oxygen atoms in total. The minimum Gasteiger partial charge on any atom is -0.356 e. The molecule has 2 aliphatic rings.